The Balaban J connectivity index is 2.17. The number of cyclic esters (lactones) is 1. The van der Waals surface area contributed by atoms with Crippen LogP contribution < -0.4 is 0 Å². The first-order valence-electron chi connectivity index (χ1n) is 5.90. The predicted molar refractivity (Wildman–Crippen MR) is 66.9 cm³/mol. The minimum atomic E-state index is -0.447. The van der Waals surface area contributed by atoms with Gasteiger partial charge >= 0.3 is 5.97 Å². The first kappa shape index (κ1) is 11.8. The van der Waals surface area contributed by atoms with E-state index in [1.165, 1.54) is 5.56 Å². The quantitative estimate of drug-likeness (QED) is 0.750. The minimum Gasteiger partial charge on any atom is -0.431 e. The van der Waals surface area contributed by atoms with E-state index in [4.69, 9.17) is 4.74 Å². The van der Waals surface area contributed by atoms with E-state index in [1.54, 1.807) is 0 Å². The van der Waals surface area contributed by atoms with Gasteiger partial charge in [0, 0.05) is 5.56 Å². The molecule has 0 N–H and O–H groups in total. The highest BCUT2D eigenvalue weighted by Gasteiger charge is 2.28. The molecule has 0 saturated heterocycles. The van der Waals surface area contributed by atoms with Crippen molar-refractivity contribution in [2.75, 3.05) is 0 Å². The number of carbonyl (C=O) groups is 1. The summed E-state index contributed by atoms with van der Waals surface area (Å²) in [6, 6.07) is 7.91. The fourth-order valence-corrected chi connectivity index (χ4v) is 1.79. The number of ether oxygens (including phenoxy) is 1. The van der Waals surface area contributed by atoms with Gasteiger partial charge in [0.2, 0.25) is 6.23 Å². The highest BCUT2D eigenvalue weighted by Crippen LogP contribution is 2.26. The topological polar surface area (TPSA) is 38.7 Å². The maximum atomic E-state index is 11.6. The average molecular weight is 231 g/mol. The average Bonchev–Trinajstić information content (AvgIpc) is 2.60. The van der Waals surface area contributed by atoms with Crippen LogP contribution in [0.15, 0.2) is 29.3 Å². The first-order chi connectivity index (χ1) is 8.06. The van der Waals surface area contributed by atoms with Gasteiger partial charge in [-0.15, -0.1) is 0 Å². The molecular weight excluding hydrogens is 214 g/mol. The number of hydrogen-bond donors (Lipinski definition) is 0. The molecule has 0 radical (unpaired) electrons. The zero-order chi connectivity index (χ0) is 12.4. The number of carbonyl (C=O) groups excluding carboxylic acids is 1. The lowest BCUT2D eigenvalue weighted by atomic mass is 10.1. The van der Waals surface area contributed by atoms with Crippen LogP contribution in [0.1, 0.15) is 37.6 Å². The normalized spacial score (nSPS) is 19.4. The van der Waals surface area contributed by atoms with Crippen LogP contribution >= 0.6 is 0 Å². The van der Waals surface area contributed by atoms with E-state index < -0.39 is 6.23 Å². The number of aliphatic imine (C=N–C) groups is 1. The molecule has 2 rings (SSSR count). The second-order valence-corrected chi connectivity index (χ2v) is 4.84. The van der Waals surface area contributed by atoms with Crippen LogP contribution in [0.4, 0.5) is 0 Å². The molecule has 0 spiro atoms. The van der Waals surface area contributed by atoms with Gasteiger partial charge in [0.05, 0.1) is 0 Å². The van der Waals surface area contributed by atoms with E-state index in [0.717, 1.165) is 5.56 Å². The van der Waals surface area contributed by atoms with Crippen LogP contribution in [0.3, 0.4) is 0 Å². The second kappa shape index (κ2) is 4.70. The summed E-state index contributed by atoms with van der Waals surface area (Å²) in [7, 11) is 0. The van der Waals surface area contributed by atoms with Crippen molar-refractivity contribution in [3.63, 3.8) is 0 Å². The third-order valence-electron chi connectivity index (χ3n) is 2.69. The Morgan fingerprint density at radius 2 is 1.94 bits per heavy atom. The van der Waals surface area contributed by atoms with Crippen LogP contribution in [0, 0.1) is 12.8 Å². The molecule has 3 heteroatoms. The molecule has 0 fully saturated rings. The molecule has 1 aliphatic heterocycles. The van der Waals surface area contributed by atoms with E-state index in [2.05, 4.69) is 18.8 Å². The summed E-state index contributed by atoms with van der Waals surface area (Å²) in [4.78, 5) is 16.0. The summed E-state index contributed by atoms with van der Waals surface area (Å²) in [6.45, 7) is 6.15. The number of rotatable bonds is 3. The van der Waals surface area contributed by atoms with Gasteiger partial charge in [-0.25, -0.2) is 9.79 Å². The van der Waals surface area contributed by atoms with Crippen molar-refractivity contribution in [2.24, 2.45) is 10.9 Å². The van der Waals surface area contributed by atoms with Crippen molar-refractivity contribution >= 4 is 11.7 Å². The third-order valence-corrected chi connectivity index (χ3v) is 2.69. The van der Waals surface area contributed by atoms with Crippen molar-refractivity contribution in [3.05, 3.63) is 35.4 Å². The lowest BCUT2D eigenvalue weighted by molar-refractivity contribution is -0.138. The molecule has 0 bridgehead atoms. The lowest BCUT2D eigenvalue weighted by Gasteiger charge is -2.06. The lowest BCUT2D eigenvalue weighted by Crippen LogP contribution is -2.12. The molecule has 0 aliphatic carbocycles. The van der Waals surface area contributed by atoms with Crippen LogP contribution in [0.25, 0.3) is 0 Å². The first-order valence-corrected chi connectivity index (χ1v) is 5.90. The summed E-state index contributed by atoms with van der Waals surface area (Å²) in [5.74, 6) is 0.141. The molecular formula is C14H17NO2. The Labute approximate surface area is 102 Å². The molecule has 1 aromatic rings. The van der Waals surface area contributed by atoms with Crippen LogP contribution in [-0.4, -0.2) is 11.7 Å². The number of aryl methyl sites for hydroxylation is 1. The molecule has 90 valence electrons. The van der Waals surface area contributed by atoms with E-state index in [-0.39, 0.29) is 5.97 Å². The van der Waals surface area contributed by atoms with Gasteiger partial charge in [0.1, 0.15) is 5.71 Å². The molecule has 17 heavy (non-hydrogen) atoms. The number of benzene rings is 1. The molecule has 1 aliphatic rings. The van der Waals surface area contributed by atoms with Crippen LogP contribution in [0.5, 0.6) is 0 Å². The van der Waals surface area contributed by atoms with Crippen LogP contribution in [-0.2, 0) is 9.53 Å². The summed E-state index contributed by atoms with van der Waals surface area (Å²) >= 11 is 0. The highest BCUT2D eigenvalue weighted by atomic mass is 16.6. The monoisotopic (exact) mass is 231 g/mol. The van der Waals surface area contributed by atoms with E-state index in [0.29, 0.717) is 18.1 Å². The Bertz CT molecular complexity index is 446. The fourth-order valence-electron chi connectivity index (χ4n) is 1.79. The third kappa shape index (κ3) is 2.73. The van der Waals surface area contributed by atoms with Crippen molar-refractivity contribution in [1.82, 2.24) is 0 Å². The van der Waals surface area contributed by atoms with Gasteiger partial charge < -0.3 is 4.74 Å². The Morgan fingerprint density at radius 3 is 2.53 bits per heavy atom. The van der Waals surface area contributed by atoms with Gasteiger partial charge in [-0.3, -0.25) is 0 Å². The fraction of sp³-hybridized carbons (Fsp3) is 0.429. The number of hydrogen-bond acceptors (Lipinski definition) is 3. The molecule has 0 aromatic heterocycles. The van der Waals surface area contributed by atoms with Gasteiger partial charge in [-0.1, -0.05) is 43.7 Å². The van der Waals surface area contributed by atoms with Gasteiger partial charge in [-0.2, -0.15) is 0 Å². The molecule has 1 atom stereocenters. The van der Waals surface area contributed by atoms with E-state index >= 15 is 0 Å². The van der Waals surface area contributed by atoms with Crippen molar-refractivity contribution < 1.29 is 9.53 Å². The second-order valence-electron chi connectivity index (χ2n) is 4.84. The summed E-state index contributed by atoms with van der Waals surface area (Å²) in [5.41, 5.74) is 2.68. The maximum Gasteiger partial charge on any atom is 0.354 e. The summed E-state index contributed by atoms with van der Waals surface area (Å²) in [6.07, 6.45) is 0.234. The van der Waals surface area contributed by atoms with Crippen molar-refractivity contribution in [3.8, 4) is 0 Å². The predicted octanol–water partition coefficient (Wildman–Crippen LogP) is 3.04. The van der Waals surface area contributed by atoms with Crippen molar-refractivity contribution in [2.45, 2.75) is 33.4 Å². The zero-order valence-corrected chi connectivity index (χ0v) is 10.4. The largest absolute Gasteiger partial charge is 0.431 e. The minimum absolute atomic E-state index is 0.274. The standard InChI is InChI=1S/C14H17NO2/c1-9(2)8-12-14(16)17-13(15-12)11-6-4-10(3)5-7-11/h4-7,9,13H,8H2,1-3H3. The molecule has 3 nitrogen and oxygen atoms in total. The van der Waals surface area contributed by atoms with Gasteiger partial charge in [0.15, 0.2) is 0 Å². The van der Waals surface area contributed by atoms with E-state index in [1.807, 2.05) is 31.2 Å². The molecule has 1 aromatic carbocycles. The Morgan fingerprint density at radius 1 is 1.29 bits per heavy atom. The maximum absolute atomic E-state index is 11.6. The smallest absolute Gasteiger partial charge is 0.354 e. The van der Waals surface area contributed by atoms with Crippen LogP contribution in [0.2, 0.25) is 0 Å². The van der Waals surface area contributed by atoms with Crippen molar-refractivity contribution in [1.29, 1.82) is 0 Å². The number of nitrogens with zero attached hydrogens (tertiary/aromatic N) is 1. The molecule has 0 saturated carbocycles. The molecule has 1 unspecified atom stereocenters. The summed E-state index contributed by atoms with van der Waals surface area (Å²) in [5, 5.41) is 0. The van der Waals surface area contributed by atoms with Gasteiger partial charge in [-0.05, 0) is 19.3 Å². The highest BCUT2D eigenvalue weighted by molar-refractivity contribution is 6.37. The SMILES string of the molecule is Cc1ccc(C2N=C(CC(C)C)C(=O)O2)cc1. The Hall–Kier alpha value is -1.64. The molecule has 1 heterocycles. The Kier molecular flexibility index (Phi) is 3.27. The van der Waals surface area contributed by atoms with E-state index in [9.17, 15) is 4.79 Å². The zero-order valence-electron chi connectivity index (χ0n) is 10.4. The molecule has 0 amide bonds. The summed E-state index contributed by atoms with van der Waals surface area (Å²) < 4.78 is 5.26. The van der Waals surface area contributed by atoms with Gasteiger partial charge in [0.25, 0.3) is 0 Å². The number of esters is 1.